The Labute approximate surface area is 185 Å². The average molecular weight is 432 g/mol. The zero-order valence-electron chi connectivity index (χ0n) is 17.8. The van der Waals surface area contributed by atoms with Crippen molar-refractivity contribution in [3.8, 4) is 17.5 Å². The van der Waals surface area contributed by atoms with Crippen LogP contribution in [0.25, 0.3) is 22.6 Å². The number of oxazole rings is 1. The van der Waals surface area contributed by atoms with Crippen molar-refractivity contribution >= 4 is 28.7 Å². The molecule has 1 fully saturated rings. The number of fused-ring (bicyclic) bond motifs is 1. The van der Waals surface area contributed by atoms with Gasteiger partial charge in [0.25, 0.3) is 0 Å². The topological polar surface area (TPSA) is 119 Å². The third-order valence-corrected chi connectivity index (χ3v) is 5.76. The van der Waals surface area contributed by atoms with Crippen LogP contribution in [-0.4, -0.2) is 46.5 Å². The highest BCUT2D eigenvalue weighted by Gasteiger charge is 2.22. The van der Waals surface area contributed by atoms with Gasteiger partial charge in [-0.3, -0.25) is 14.5 Å². The van der Waals surface area contributed by atoms with Crippen molar-refractivity contribution < 1.29 is 19.1 Å². The fourth-order valence-corrected chi connectivity index (χ4v) is 4.10. The first-order valence-electron chi connectivity index (χ1n) is 10.6. The molecule has 2 N–H and O–H groups in total. The predicted molar refractivity (Wildman–Crippen MR) is 119 cm³/mol. The molecule has 0 radical (unpaired) electrons. The maximum absolute atomic E-state index is 12.4. The molecule has 2 heterocycles. The molecule has 4 rings (SSSR count). The van der Waals surface area contributed by atoms with Crippen molar-refractivity contribution in [2.75, 3.05) is 25.0 Å². The molecule has 1 amide bonds. The zero-order chi connectivity index (χ0) is 22.7. The summed E-state index contributed by atoms with van der Waals surface area (Å²) in [6.45, 7) is 3.36. The van der Waals surface area contributed by atoms with Gasteiger partial charge >= 0.3 is 5.97 Å². The Hall–Kier alpha value is -3.70. The number of carboxylic acid groups (broad SMARTS) is 1. The molecule has 1 saturated heterocycles. The van der Waals surface area contributed by atoms with E-state index in [0.717, 1.165) is 24.0 Å². The number of benzene rings is 2. The lowest BCUT2D eigenvalue weighted by molar-refractivity contribution is -0.138. The van der Waals surface area contributed by atoms with Crippen LogP contribution in [0.4, 0.5) is 5.69 Å². The highest BCUT2D eigenvalue weighted by molar-refractivity contribution is 5.91. The fraction of sp³-hybridized carbons (Fsp3) is 0.333. The minimum Gasteiger partial charge on any atom is -0.480 e. The number of carbonyl (C=O) groups is 2. The molecule has 3 aromatic rings. The standard InChI is InChI=1S/C24H24N4O4/c1-15-10-17(13-25)11-20-23(15)32-24(27-20)18-2-4-19(5-3-18)26-21(29)12-16-6-8-28(9-7-16)14-22(30)31/h2-5,10-11,16H,6-9,12,14H2,1H3,(H,26,29)(H,30,31). The first-order chi connectivity index (χ1) is 15.4. The van der Waals surface area contributed by atoms with Crippen molar-refractivity contribution in [2.45, 2.75) is 26.2 Å². The second kappa shape index (κ2) is 9.20. The molecule has 8 nitrogen and oxygen atoms in total. The van der Waals surface area contributed by atoms with E-state index in [1.165, 1.54) is 0 Å². The van der Waals surface area contributed by atoms with Crippen molar-refractivity contribution in [1.82, 2.24) is 9.88 Å². The molecular formula is C24H24N4O4. The van der Waals surface area contributed by atoms with Crippen molar-refractivity contribution in [1.29, 1.82) is 5.26 Å². The van der Waals surface area contributed by atoms with Gasteiger partial charge in [0.15, 0.2) is 5.58 Å². The molecule has 8 heteroatoms. The van der Waals surface area contributed by atoms with Gasteiger partial charge in [-0.05, 0) is 80.7 Å². The Balaban J connectivity index is 1.36. The van der Waals surface area contributed by atoms with Gasteiger partial charge in [0.2, 0.25) is 11.8 Å². The second-order valence-corrected chi connectivity index (χ2v) is 8.22. The summed E-state index contributed by atoms with van der Waals surface area (Å²) in [6.07, 6.45) is 2.07. The Morgan fingerprint density at radius 2 is 1.97 bits per heavy atom. The van der Waals surface area contributed by atoms with Crippen LogP contribution in [0.5, 0.6) is 0 Å². The summed E-state index contributed by atoms with van der Waals surface area (Å²) in [7, 11) is 0. The summed E-state index contributed by atoms with van der Waals surface area (Å²) >= 11 is 0. The summed E-state index contributed by atoms with van der Waals surface area (Å²) in [5.41, 5.74) is 4.18. The summed E-state index contributed by atoms with van der Waals surface area (Å²) in [5.74, 6) is -0.134. The molecule has 1 aliphatic heterocycles. The summed E-state index contributed by atoms with van der Waals surface area (Å²) in [4.78, 5) is 29.6. The number of carbonyl (C=O) groups excluding carboxylic acids is 1. The number of hydrogen-bond acceptors (Lipinski definition) is 6. The number of rotatable bonds is 6. The number of aryl methyl sites for hydroxylation is 1. The third-order valence-electron chi connectivity index (χ3n) is 5.76. The highest BCUT2D eigenvalue weighted by Crippen LogP contribution is 2.28. The number of likely N-dealkylation sites (tertiary alicyclic amines) is 1. The van der Waals surface area contributed by atoms with E-state index in [2.05, 4.69) is 16.4 Å². The first-order valence-corrected chi connectivity index (χ1v) is 10.6. The summed E-state index contributed by atoms with van der Waals surface area (Å²) in [6, 6.07) is 12.9. The Bertz CT molecular complexity index is 1190. The number of nitriles is 1. The first kappa shape index (κ1) is 21.5. The van der Waals surface area contributed by atoms with Gasteiger partial charge in [-0.1, -0.05) is 0 Å². The van der Waals surface area contributed by atoms with Gasteiger partial charge in [-0.25, -0.2) is 4.98 Å². The average Bonchev–Trinajstić information content (AvgIpc) is 3.20. The number of aliphatic carboxylic acids is 1. The van der Waals surface area contributed by atoms with Crippen molar-refractivity contribution in [3.63, 3.8) is 0 Å². The quantitative estimate of drug-likeness (QED) is 0.608. The second-order valence-electron chi connectivity index (χ2n) is 8.22. The maximum atomic E-state index is 12.4. The molecule has 0 bridgehead atoms. The Kier molecular flexibility index (Phi) is 6.19. The van der Waals surface area contributed by atoms with Crippen LogP contribution in [-0.2, 0) is 9.59 Å². The lowest BCUT2D eigenvalue weighted by Gasteiger charge is -2.30. The van der Waals surface area contributed by atoms with Crippen LogP contribution in [0.1, 0.15) is 30.4 Å². The smallest absolute Gasteiger partial charge is 0.317 e. The summed E-state index contributed by atoms with van der Waals surface area (Å²) in [5, 5.41) is 20.9. The van der Waals surface area contributed by atoms with Crippen LogP contribution in [0.3, 0.4) is 0 Å². The molecule has 1 aromatic heterocycles. The third kappa shape index (κ3) is 4.95. The predicted octanol–water partition coefficient (Wildman–Crippen LogP) is 3.80. The van der Waals surface area contributed by atoms with E-state index in [0.29, 0.717) is 47.8 Å². The van der Waals surface area contributed by atoms with E-state index in [4.69, 9.17) is 14.8 Å². The minimum absolute atomic E-state index is 0.0454. The van der Waals surface area contributed by atoms with E-state index >= 15 is 0 Å². The Morgan fingerprint density at radius 1 is 1.25 bits per heavy atom. The molecule has 0 aliphatic carbocycles. The molecule has 32 heavy (non-hydrogen) atoms. The monoisotopic (exact) mass is 432 g/mol. The summed E-state index contributed by atoms with van der Waals surface area (Å²) < 4.78 is 5.89. The highest BCUT2D eigenvalue weighted by atomic mass is 16.4. The van der Waals surface area contributed by atoms with E-state index in [9.17, 15) is 9.59 Å². The van der Waals surface area contributed by atoms with E-state index in [1.807, 2.05) is 36.1 Å². The molecule has 0 spiro atoms. The van der Waals surface area contributed by atoms with E-state index in [-0.39, 0.29) is 18.4 Å². The van der Waals surface area contributed by atoms with E-state index in [1.54, 1.807) is 12.1 Å². The number of nitrogens with zero attached hydrogens (tertiary/aromatic N) is 3. The van der Waals surface area contributed by atoms with Gasteiger partial charge in [0.05, 0.1) is 18.2 Å². The van der Waals surface area contributed by atoms with Crippen molar-refractivity contribution in [3.05, 3.63) is 47.5 Å². The van der Waals surface area contributed by atoms with Gasteiger partial charge < -0.3 is 14.8 Å². The molecule has 0 atom stereocenters. The van der Waals surface area contributed by atoms with Crippen LogP contribution < -0.4 is 5.32 Å². The fourth-order valence-electron chi connectivity index (χ4n) is 4.10. The van der Waals surface area contributed by atoms with Crippen LogP contribution in [0.2, 0.25) is 0 Å². The van der Waals surface area contributed by atoms with E-state index < -0.39 is 5.97 Å². The van der Waals surface area contributed by atoms with Gasteiger partial charge in [0.1, 0.15) is 5.52 Å². The number of piperidine rings is 1. The largest absolute Gasteiger partial charge is 0.480 e. The number of amides is 1. The van der Waals surface area contributed by atoms with Crippen molar-refractivity contribution in [2.24, 2.45) is 5.92 Å². The molecule has 0 saturated carbocycles. The SMILES string of the molecule is Cc1cc(C#N)cc2nc(-c3ccc(NC(=O)CC4CCN(CC(=O)O)CC4)cc3)oc12. The molecule has 2 aromatic carbocycles. The number of nitrogens with one attached hydrogen (secondary N) is 1. The van der Waals surface area contributed by atoms with Crippen LogP contribution in [0.15, 0.2) is 40.8 Å². The lowest BCUT2D eigenvalue weighted by Crippen LogP contribution is -2.38. The number of carboxylic acids is 1. The normalized spacial score (nSPS) is 14.9. The van der Waals surface area contributed by atoms with Gasteiger partial charge in [0, 0.05) is 17.7 Å². The Morgan fingerprint density at radius 3 is 2.62 bits per heavy atom. The number of aromatic nitrogens is 1. The minimum atomic E-state index is -0.815. The van der Waals surface area contributed by atoms with Crippen LogP contribution >= 0.6 is 0 Å². The lowest BCUT2D eigenvalue weighted by atomic mass is 9.93. The molecule has 164 valence electrons. The number of hydrogen-bond donors (Lipinski definition) is 2. The van der Waals surface area contributed by atoms with Gasteiger partial charge in [-0.2, -0.15) is 5.26 Å². The molecule has 1 aliphatic rings. The maximum Gasteiger partial charge on any atom is 0.317 e. The molecular weight excluding hydrogens is 408 g/mol. The number of anilines is 1. The molecule has 0 unspecified atom stereocenters. The zero-order valence-corrected chi connectivity index (χ0v) is 17.8. The van der Waals surface area contributed by atoms with Crippen LogP contribution in [0, 0.1) is 24.2 Å². The van der Waals surface area contributed by atoms with Gasteiger partial charge in [-0.15, -0.1) is 0 Å².